The SMILES string of the molecule is CN/C(=C\C=N\c1ccc(NC(=O)OCc2ccccc2)cc1F)c1ccccn1. The summed E-state index contributed by atoms with van der Waals surface area (Å²) in [4.78, 5) is 20.3. The molecular formula is C23H21FN4O2. The molecule has 0 unspecified atom stereocenters. The fraction of sp³-hybridized carbons (Fsp3) is 0.0870. The third-order valence-electron chi connectivity index (χ3n) is 4.07. The second kappa shape index (κ2) is 10.5. The van der Waals surface area contributed by atoms with Crippen LogP contribution in [0, 0.1) is 5.82 Å². The molecule has 1 heterocycles. The molecule has 6 nitrogen and oxygen atoms in total. The number of carbonyl (C=O) groups excluding carboxylic acids is 1. The molecule has 7 heteroatoms. The van der Waals surface area contributed by atoms with Crippen LogP contribution in [0.3, 0.4) is 0 Å². The topological polar surface area (TPSA) is 75.6 Å². The Hall–Kier alpha value is -4.00. The highest BCUT2D eigenvalue weighted by molar-refractivity contribution is 5.86. The molecule has 0 aliphatic heterocycles. The summed E-state index contributed by atoms with van der Waals surface area (Å²) in [7, 11) is 1.77. The summed E-state index contributed by atoms with van der Waals surface area (Å²) < 4.78 is 19.5. The van der Waals surface area contributed by atoms with Crippen LogP contribution in [0.15, 0.2) is 84.0 Å². The summed E-state index contributed by atoms with van der Waals surface area (Å²) in [5.74, 6) is -0.565. The van der Waals surface area contributed by atoms with Crippen LogP contribution in [0.4, 0.5) is 20.6 Å². The normalized spacial score (nSPS) is 11.3. The molecule has 2 N–H and O–H groups in total. The molecule has 1 amide bonds. The minimum atomic E-state index is -0.661. The zero-order valence-electron chi connectivity index (χ0n) is 16.4. The van der Waals surface area contributed by atoms with E-state index in [2.05, 4.69) is 20.6 Å². The van der Waals surface area contributed by atoms with Crippen LogP contribution >= 0.6 is 0 Å². The van der Waals surface area contributed by atoms with E-state index >= 15 is 0 Å². The number of allylic oxidation sites excluding steroid dienone is 1. The zero-order valence-corrected chi connectivity index (χ0v) is 16.4. The van der Waals surface area contributed by atoms with Crippen molar-refractivity contribution in [1.82, 2.24) is 10.3 Å². The van der Waals surface area contributed by atoms with E-state index < -0.39 is 11.9 Å². The molecule has 3 aromatic rings. The van der Waals surface area contributed by atoms with E-state index in [0.29, 0.717) is 0 Å². The molecular weight excluding hydrogens is 383 g/mol. The second-order valence-corrected chi connectivity index (χ2v) is 6.18. The van der Waals surface area contributed by atoms with Crippen LogP contribution in [0.1, 0.15) is 11.3 Å². The van der Waals surface area contributed by atoms with Crippen molar-refractivity contribution in [2.75, 3.05) is 12.4 Å². The number of aliphatic imine (C=N–C) groups is 1. The number of pyridine rings is 1. The van der Waals surface area contributed by atoms with Gasteiger partial charge in [0.25, 0.3) is 0 Å². The molecule has 2 aromatic carbocycles. The van der Waals surface area contributed by atoms with Crippen molar-refractivity contribution < 1.29 is 13.9 Å². The number of rotatable bonds is 7. The molecule has 152 valence electrons. The summed E-state index contributed by atoms with van der Waals surface area (Å²) in [6, 6.07) is 19.1. The second-order valence-electron chi connectivity index (χ2n) is 6.18. The van der Waals surface area contributed by atoms with Crippen LogP contribution in [0.2, 0.25) is 0 Å². The molecule has 1 aromatic heterocycles. The Morgan fingerprint density at radius 1 is 1.13 bits per heavy atom. The summed E-state index contributed by atoms with van der Waals surface area (Å²) >= 11 is 0. The Kier molecular flexibility index (Phi) is 7.27. The van der Waals surface area contributed by atoms with Crippen molar-refractivity contribution in [3.63, 3.8) is 0 Å². The van der Waals surface area contributed by atoms with Gasteiger partial charge in [-0.3, -0.25) is 15.3 Å². The number of anilines is 1. The van der Waals surface area contributed by atoms with Crippen molar-refractivity contribution >= 4 is 29.4 Å². The number of ether oxygens (including phenoxy) is 1. The van der Waals surface area contributed by atoms with Crippen molar-refractivity contribution in [1.29, 1.82) is 0 Å². The predicted octanol–water partition coefficient (Wildman–Crippen LogP) is 4.93. The van der Waals surface area contributed by atoms with E-state index in [1.54, 1.807) is 25.4 Å². The van der Waals surface area contributed by atoms with Gasteiger partial charge in [0.1, 0.15) is 6.61 Å². The van der Waals surface area contributed by atoms with Crippen molar-refractivity contribution in [3.8, 4) is 0 Å². The number of carbonyl (C=O) groups is 1. The average Bonchev–Trinajstić information content (AvgIpc) is 2.78. The summed E-state index contributed by atoms with van der Waals surface area (Å²) in [6.07, 6.45) is 4.22. The highest BCUT2D eigenvalue weighted by Gasteiger charge is 2.07. The van der Waals surface area contributed by atoms with Gasteiger partial charge in [0.15, 0.2) is 5.82 Å². The molecule has 0 aliphatic rings. The van der Waals surface area contributed by atoms with Gasteiger partial charge in [-0.2, -0.15) is 0 Å². The molecule has 3 rings (SSSR count). The molecule has 0 atom stereocenters. The predicted molar refractivity (Wildman–Crippen MR) is 116 cm³/mol. The minimum absolute atomic E-state index is 0.133. The Morgan fingerprint density at radius 3 is 2.63 bits per heavy atom. The average molecular weight is 404 g/mol. The lowest BCUT2D eigenvalue weighted by atomic mass is 10.2. The van der Waals surface area contributed by atoms with Crippen LogP contribution < -0.4 is 10.6 Å². The Bertz CT molecular complexity index is 1040. The lowest BCUT2D eigenvalue weighted by Crippen LogP contribution is -2.13. The Balaban J connectivity index is 1.60. The first kappa shape index (κ1) is 20.7. The van der Waals surface area contributed by atoms with Crippen LogP contribution in [-0.2, 0) is 11.3 Å². The summed E-state index contributed by atoms with van der Waals surface area (Å²) in [5, 5.41) is 5.53. The Morgan fingerprint density at radius 2 is 1.93 bits per heavy atom. The number of hydrogen-bond acceptors (Lipinski definition) is 5. The standard InChI is InChI=1S/C23H21FN4O2/c1-25-21(22-9-5-6-13-26-22)12-14-27-20-11-10-18(15-19(20)24)28-23(29)30-16-17-7-3-2-4-8-17/h2-15,25H,16H2,1H3,(H,28,29)/b21-12-,27-14+. The first-order valence-corrected chi connectivity index (χ1v) is 9.26. The maximum atomic E-state index is 14.3. The number of aromatic nitrogens is 1. The number of amides is 1. The van der Waals surface area contributed by atoms with Gasteiger partial charge in [-0.15, -0.1) is 0 Å². The number of halogens is 1. The van der Waals surface area contributed by atoms with Crippen LogP contribution in [0.25, 0.3) is 5.70 Å². The number of nitrogens with zero attached hydrogens (tertiary/aromatic N) is 2. The van der Waals surface area contributed by atoms with E-state index in [0.717, 1.165) is 17.0 Å². The first-order chi connectivity index (χ1) is 14.7. The molecule has 0 spiro atoms. The van der Waals surface area contributed by atoms with Crippen LogP contribution in [0.5, 0.6) is 0 Å². The van der Waals surface area contributed by atoms with Gasteiger partial charge in [0, 0.05) is 25.1 Å². The largest absolute Gasteiger partial charge is 0.444 e. The molecule has 0 saturated heterocycles. The van der Waals surface area contributed by atoms with Gasteiger partial charge < -0.3 is 10.1 Å². The van der Waals surface area contributed by atoms with Gasteiger partial charge in [-0.05, 0) is 42.0 Å². The molecule has 0 bridgehead atoms. The van der Waals surface area contributed by atoms with E-state index in [1.165, 1.54) is 18.3 Å². The monoisotopic (exact) mass is 404 g/mol. The maximum absolute atomic E-state index is 14.3. The maximum Gasteiger partial charge on any atom is 0.411 e. The number of nitrogens with one attached hydrogen (secondary N) is 2. The third-order valence-corrected chi connectivity index (χ3v) is 4.07. The Labute approximate surface area is 174 Å². The van der Waals surface area contributed by atoms with Gasteiger partial charge in [-0.25, -0.2) is 9.18 Å². The van der Waals surface area contributed by atoms with Crippen molar-refractivity contribution in [3.05, 3.63) is 96.1 Å². The zero-order chi connectivity index (χ0) is 21.2. The van der Waals surface area contributed by atoms with Gasteiger partial charge in [0.2, 0.25) is 0 Å². The molecule has 0 saturated carbocycles. The van der Waals surface area contributed by atoms with E-state index in [-0.39, 0.29) is 18.0 Å². The van der Waals surface area contributed by atoms with Gasteiger partial charge in [-0.1, -0.05) is 36.4 Å². The van der Waals surface area contributed by atoms with Crippen molar-refractivity contribution in [2.24, 2.45) is 4.99 Å². The van der Waals surface area contributed by atoms with Gasteiger partial charge in [0.05, 0.1) is 17.1 Å². The van der Waals surface area contributed by atoms with E-state index in [9.17, 15) is 9.18 Å². The van der Waals surface area contributed by atoms with E-state index in [4.69, 9.17) is 4.74 Å². The highest BCUT2D eigenvalue weighted by Crippen LogP contribution is 2.21. The molecule has 30 heavy (non-hydrogen) atoms. The smallest absolute Gasteiger partial charge is 0.411 e. The molecule has 0 fully saturated rings. The molecule has 0 radical (unpaired) electrons. The first-order valence-electron chi connectivity index (χ1n) is 9.26. The number of hydrogen-bond donors (Lipinski definition) is 2. The molecule has 0 aliphatic carbocycles. The van der Waals surface area contributed by atoms with Gasteiger partial charge >= 0.3 is 6.09 Å². The van der Waals surface area contributed by atoms with Crippen molar-refractivity contribution in [2.45, 2.75) is 6.61 Å². The van der Waals surface area contributed by atoms with Crippen LogP contribution in [-0.4, -0.2) is 24.3 Å². The highest BCUT2D eigenvalue weighted by atomic mass is 19.1. The quantitative estimate of drug-likeness (QED) is 0.548. The number of benzene rings is 2. The lowest BCUT2D eigenvalue weighted by molar-refractivity contribution is 0.155. The fourth-order valence-corrected chi connectivity index (χ4v) is 2.58. The summed E-state index contributed by atoms with van der Waals surface area (Å²) in [5.41, 5.74) is 2.79. The summed E-state index contributed by atoms with van der Waals surface area (Å²) in [6.45, 7) is 0.133. The lowest BCUT2D eigenvalue weighted by Gasteiger charge is -2.08. The van der Waals surface area contributed by atoms with E-state index in [1.807, 2.05) is 48.5 Å². The minimum Gasteiger partial charge on any atom is -0.444 e. The third kappa shape index (κ3) is 6.00. The fourth-order valence-electron chi connectivity index (χ4n) is 2.58.